The third kappa shape index (κ3) is 4.05. The molecule has 6 rings (SSSR count). The summed E-state index contributed by atoms with van der Waals surface area (Å²) >= 11 is 0. The van der Waals surface area contributed by atoms with E-state index in [4.69, 9.17) is 9.47 Å². The van der Waals surface area contributed by atoms with E-state index in [2.05, 4.69) is 40.8 Å². The van der Waals surface area contributed by atoms with Crippen molar-refractivity contribution in [2.75, 3.05) is 34.0 Å². The zero-order valence-electron chi connectivity index (χ0n) is 19.1. The van der Waals surface area contributed by atoms with Gasteiger partial charge in [0, 0.05) is 6.54 Å². The fourth-order valence-corrected chi connectivity index (χ4v) is 4.34. The molecule has 180 valence electrons. The van der Waals surface area contributed by atoms with Gasteiger partial charge in [-0.25, -0.2) is 19.3 Å². The van der Waals surface area contributed by atoms with Crippen LogP contribution in [0.4, 0.5) is 39.3 Å². The van der Waals surface area contributed by atoms with E-state index in [-0.39, 0.29) is 29.3 Å². The minimum absolute atomic E-state index is 0.0731. The fraction of sp³-hybridized carbons (Fsp3) is 0.348. The molecule has 0 aliphatic carbocycles. The van der Waals surface area contributed by atoms with E-state index < -0.39 is 11.4 Å². The molecule has 0 saturated carbocycles. The van der Waals surface area contributed by atoms with Crippen molar-refractivity contribution in [1.29, 1.82) is 0 Å². The van der Waals surface area contributed by atoms with Crippen molar-refractivity contribution < 1.29 is 18.7 Å². The lowest BCUT2D eigenvalue weighted by molar-refractivity contribution is -0.129. The Balaban J connectivity index is 1.16. The number of hydrogen-bond acceptors (Lipinski definition) is 10. The molecule has 0 aromatic carbocycles. The van der Waals surface area contributed by atoms with Crippen molar-refractivity contribution in [3.63, 3.8) is 0 Å². The van der Waals surface area contributed by atoms with Crippen LogP contribution in [0.1, 0.15) is 20.3 Å². The molecule has 0 radical (unpaired) electrons. The zero-order chi connectivity index (χ0) is 24.2. The van der Waals surface area contributed by atoms with Gasteiger partial charge in [-0.3, -0.25) is 4.79 Å². The standard InChI is InChI=1S/C23H23FN8O3/c1-23(2)21(33)30-20-16(35-23)4-5-17(29-20)28-19-15(24)9-26-22(31-19)27-12-3-6-18(25-8-12)32-10-14-7-13(32)11-34-14/h3-6,8-9,13-14H,7,10-11H2,1-2H3,(H3,26,27,28,29,30,31,33)/t13-,14-/m1/s1. The molecule has 2 saturated heterocycles. The topological polar surface area (TPSA) is 126 Å². The van der Waals surface area contributed by atoms with Crippen molar-refractivity contribution in [3.8, 4) is 5.75 Å². The maximum absolute atomic E-state index is 14.4. The summed E-state index contributed by atoms with van der Waals surface area (Å²) in [7, 11) is 0. The summed E-state index contributed by atoms with van der Waals surface area (Å²) in [6, 6.07) is 7.45. The van der Waals surface area contributed by atoms with Crippen LogP contribution in [0.25, 0.3) is 0 Å². The first-order chi connectivity index (χ1) is 16.8. The number of halogens is 1. The second-order valence-electron chi connectivity index (χ2n) is 9.15. The van der Waals surface area contributed by atoms with Crippen molar-refractivity contribution in [2.24, 2.45) is 0 Å². The number of fused-ring (bicyclic) bond motifs is 3. The van der Waals surface area contributed by atoms with E-state index in [1.807, 2.05) is 12.1 Å². The quantitative estimate of drug-likeness (QED) is 0.504. The molecule has 35 heavy (non-hydrogen) atoms. The van der Waals surface area contributed by atoms with E-state index in [1.54, 1.807) is 32.2 Å². The number of morpholine rings is 1. The SMILES string of the molecule is CC1(C)Oc2ccc(Nc3nc(Nc4ccc(N5C[C@H]6C[C@@H]5CO6)nc4)ncc3F)nc2NC1=O. The van der Waals surface area contributed by atoms with Crippen LogP contribution in [0, 0.1) is 5.82 Å². The normalized spacial score (nSPS) is 21.8. The van der Waals surface area contributed by atoms with Crippen LogP contribution in [0.15, 0.2) is 36.7 Å². The molecule has 3 aromatic heterocycles. The molecule has 1 amide bonds. The first-order valence-corrected chi connectivity index (χ1v) is 11.3. The van der Waals surface area contributed by atoms with Gasteiger partial charge in [-0.05, 0) is 44.5 Å². The first-order valence-electron chi connectivity index (χ1n) is 11.3. The van der Waals surface area contributed by atoms with Crippen LogP contribution >= 0.6 is 0 Å². The highest BCUT2D eigenvalue weighted by molar-refractivity contribution is 5.99. The highest BCUT2D eigenvalue weighted by Gasteiger charge is 2.39. The predicted molar refractivity (Wildman–Crippen MR) is 126 cm³/mol. The molecule has 12 heteroatoms. The van der Waals surface area contributed by atoms with E-state index in [0.717, 1.165) is 31.6 Å². The van der Waals surface area contributed by atoms with E-state index in [1.165, 1.54) is 0 Å². The zero-order valence-corrected chi connectivity index (χ0v) is 19.1. The number of rotatable bonds is 5. The number of nitrogens with one attached hydrogen (secondary N) is 3. The molecule has 0 spiro atoms. The monoisotopic (exact) mass is 478 g/mol. The molecule has 2 atom stereocenters. The summed E-state index contributed by atoms with van der Waals surface area (Å²) in [5, 5.41) is 8.57. The third-order valence-corrected chi connectivity index (χ3v) is 6.19. The number of anilines is 6. The maximum Gasteiger partial charge on any atom is 0.269 e. The van der Waals surface area contributed by atoms with Crippen molar-refractivity contribution in [1.82, 2.24) is 19.9 Å². The van der Waals surface area contributed by atoms with Crippen LogP contribution in [-0.2, 0) is 9.53 Å². The van der Waals surface area contributed by atoms with Gasteiger partial charge < -0.3 is 30.3 Å². The van der Waals surface area contributed by atoms with Gasteiger partial charge in [-0.2, -0.15) is 4.98 Å². The third-order valence-electron chi connectivity index (χ3n) is 6.19. The molecular weight excluding hydrogens is 455 g/mol. The van der Waals surface area contributed by atoms with Gasteiger partial charge >= 0.3 is 0 Å². The van der Waals surface area contributed by atoms with Crippen molar-refractivity contribution in [2.45, 2.75) is 38.0 Å². The number of carbonyl (C=O) groups excluding carboxylic acids is 1. The molecule has 3 N–H and O–H groups in total. The first kappa shape index (κ1) is 21.5. The van der Waals surface area contributed by atoms with Gasteiger partial charge in [-0.1, -0.05) is 0 Å². The second kappa shape index (κ2) is 8.01. The van der Waals surface area contributed by atoms with Gasteiger partial charge in [0.2, 0.25) is 5.95 Å². The maximum atomic E-state index is 14.4. The minimum atomic E-state index is -1.00. The number of ether oxygens (including phenoxy) is 2. The summed E-state index contributed by atoms with van der Waals surface area (Å²) in [6.07, 6.45) is 4.08. The van der Waals surface area contributed by atoms with E-state index in [9.17, 15) is 9.18 Å². The van der Waals surface area contributed by atoms with Crippen LogP contribution in [0.3, 0.4) is 0 Å². The Kier molecular flexibility index (Phi) is 4.92. The molecule has 2 bridgehead atoms. The second-order valence-corrected chi connectivity index (χ2v) is 9.15. The Morgan fingerprint density at radius 2 is 2.03 bits per heavy atom. The largest absolute Gasteiger partial charge is 0.474 e. The van der Waals surface area contributed by atoms with Gasteiger partial charge in [-0.15, -0.1) is 0 Å². The number of aromatic nitrogens is 4. The average Bonchev–Trinajstić information content (AvgIpc) is 3.47. The van der Waals surface area contributed by atoms with Crippen molar-refractivity contribution in [3.05, 3.63) is 42.5 Å². The van der Waals surface area contributed by atoms with Crippen LogP contribution in [0.2, 0.25) is 0 Å². The number of pyridine rings is 2. The summed E-state index contributed by atoms with van der Waals surface area (Å²) < 4.78 is 25.8. The molecule has 2 fully saturated rings. The molecule has 3 aromatic rings. The molecule has 0 unspecified atom stereocenters. The Morgan fingerprint density at radius 1 is 1.14 bits per heavy atom. The van der Waals surface area contributed by atoms with Crippen LogP contribution in [0.5, 0.6) is 5.75 Å². The number of carbonyl (C=O) groups is 1. The molecule has 6 heterocycles. The molecule has 3 aliphatic heterocycles. The van der Waals surface area contributed by atoms with Crippen LogP contribution < -0.4 is 25.6 Å². The van der Waals surface area contributed by atoms with E-state index in [0.29, 0.717) is 23.6 Å². The molecule has 11 nitrogen and oxygen atoms in total. The Labute approximate surface area is 200 Å². The smallest absolute Gasteiger partial charge is 0.269 e. The van der Waals surface area contributed by atoms with Gasteiger partial charge in [0.15, 0.2) is 28.8 Å². The molecule has 3 aliphatic rings. The van der Waals surface area contributed by atoms with E-state index >= 15 is 0 Å². The van der Waals surface area contributed by atoms with Gasteiger partial charge in [0.1, 0.15) is 11.6 Å². The van der Waals surface area contributed by atoms with Crippen LogP contribution in [-0.4, -0.2) is 56.7 Å². The average molecular weight is 478 g/mol. The summed E-state index contributed by atoms with van der Waals surface area (Å²) in [5.74, 6) is 0.990. The fourth-order valence-electron chi connectivity index (χ4n) is 4.34. The highest BCUT2D eigenvalue weighted by Crippen LogP contribution is 2.34. The lowest BCUT2D eigenvalue weighted by Gasteiger charge is -2.30. The lowest BCUT2D eigenvalue weighted by Crippen LogP contribution is -2.46. The predicted octanol–water partition coefficient (Wildman–Crippen LogP) is 2.98. The summed E-state index contributed by atoms with van der Waals surface area (Å²) in [6.45, 7) is 4.92. The van der Waals surface area contributed by atoms with Crippen molar-refractivity contribution >= 4 is 40.8 Å². The highest BCUT2D eigenvalue weighted by atomic mass is 19.1. The van der Waals surface area contributed by atoms with Gasteiger partial charge in [0.25, 0.3) is 5.91 Å². The Hall–Kier alpha value is -4.06. The Morgan fingerprint density at radius 3 is 2.77 bits per heavy atom. The van der Waals surface area contributed by atoms with Gasteiger partial charge in [0.05, 0.1) is 36.8 Å². The minimum Gasteiger partial charge on any atom is -0.474 e. The number of hydrogen-bond donors (Lipinski definition) is 3. The summed E-state index contributed by atoms with van der Waals surface area (Å²) in [4.78, 5) is 31.5. The number of amides is 1. The number of nitrogens with zero attached hydrogens (tertiary/aromatic N) is 5. The Bertz CT molecular complexity index is 1300. The summed E-state index contributed by atoms with van der Waals surface area (Å²) in [5.41, 5.74) is -0.334. The molecular formula is C23H23FN8O3. The lowest BCUT2D eigenvalue weighted by atomic mass is 10.1.